The number of nitrogens with one attached hydrogen (secondary N) is 1. The molecule has 21 heavy (non-hydrogen) atoms. The van der Waals surface area contributed by atoms with Crippen LogP contribution < -0.4 is 5.32 Å². The molecule has 1 aromatic rings. The van der Waals surface area contributed by atoms with Gasteiger partial charge in [-0.15, -0.1) is 0 Å². The predicted octanol–water partition coefficient (Wildman–Crippen LogP) is 4.30. The maximum absolute atomic E-state index is 13.4. The number of hydrogen-bond acceptors (Lipinski definition) is 2. The standard InChI is InChI=1S/C15H24F3N3/c1-14(2,3)19-9-11-10-20-21(13(11)15(16,17)18)12-7-5-4-6-8-12/h10,12,19H,4-9H2,1-3H3. The van der Waals surface area contributed by atoms with Gasteiger partial charge >= 0.3 is 6.18 Å². The highest BCUT2D eigenvalue weighted by Gasteiger charge is 2.39. The predicted molar refractivity (Wildman–Crippen MR) is 75.9 cm³/mol. The van der Waals surface area contributed by atoms with Gasteiger partial charge in [0.05, 0.1) is 12.2 Å². The van der Waals surface area contributed by atoms with Crippen molar-refractivity contribution < 1.29 is 13.2 Å². The minimum Gasteiger partial charge on any atom is -0.308 e. The Morgan fingerprint density at radius 1 is 1.19 bits per heavy atom. The van der Waals surface area contributed by atoms with E-state index in [-0.39, 0.29) is 23.7 Å². The van der Waals surface area contributed by atoms with Crippen LogP contribution in [0.4, 0.5) is 13.2 Å². The van der Waals surface area contributed by atoms with Gasteiger partial charge in [0.1, 0.15) is 5.69 Å². The van der Waals surface area contributed by atoms with Gasteiger partial charge < -0.3 is 5.32 Å². The van der Waals surface area contributed by atoms with E-state index < -0.39 is 11.9 Å². The number of nitrogens with zero attached hydrogens (tertiary/aromatic N) is 2. The van der Waals surface area contributed by atoms with Crippen molar-refractivity contribution >= 4 is 0 Å². The van der Waals surface area contributed by atoms with Gasteiger partial charge in [0.15, 0.2) is 0 Å². The van der Waals surface area contributed by atoms with E-state index in [1.165, 1.54) is 10.9 Å². The van der Waals surface area contributed by atoms with Crippen molar-refractivity contribution in [1.82, 2.24) is 15.1 Å². The van der Waals surface area contributed by atoms with Gasteiger partial charge in [0, 0.05) is 17.6 Å². The molecule has 0 aliphatic heterocycles. The molecule has 0 bridgehead atoms. The lowest BCUT2D eigenvalue weighted by atomic mass is 9.95. The largest absolute Gasteiger partial charge is 0.433 e. The highest BCUT2D eigenvalue weighted by atomic mass is 19.4. The molecule has 0 unspecified atom stereocenters. The van der Waals surface area contributed by atoms with Gasteiger partial charge in [-0.05, 0) is 33.6 Å². The second-order valence-electron chi connectivity index (χ2n) is 6.86. The quantitative estimate of drug-likeness (QED) is 0.902. The third-order valence-corrected chi connectivity index (χ3v) is 3.87. The second-order valence-corrected chi connectivity index (χ2v) is 6.86. The summed E-state index contributed by atoms with van der Waals surface area (Å²) < 4.78 is 41.5. The smallest absolute Gasteiger partial charge is 0.308 e. The van der Waals surface area contributed by atoms with E-state index in [9.17, 15) is 13.2 Å². The molecule has 1 aromatic heterocycles. The zero-order chi connectivity index (χ0) is 15.7. The molecule has 0 amide bonds. The van der Waals surface area contributed by atoms with Gasteiger partial charge in [-0.25, -0.2) is 0 Å². The molecule has 0 atom stereocenters. The minimum atomic E-state index is -4.36. The molecule has 0 spiro atoms. The van der Waals surface area contributed by atoms with Crippen LogP contribution in [0.2, 0.25) is 0 Å². The Labute approximate surface area is 123 Å². The van der Waals surface area contributed by atoms with Crippen LogP contribution in [0, 0.1) is 0 Å². The number of rotatable bonds is 3. The number of hydrogen-bond donors (Lipinski definition) is 1. The normalized spacial score (nSPS) is 18.2. The number of aromatic nitrogens is 2. The Morgan fingerprint density at radius 3 is 2.33 bits per heavy atom. The fourth-order valence-corrected chi connectivity index (χ4v) is 2.80. The van der Waals surface area contributed by atoms with Gasteiger partial charge in [-0.3, -0.25) is 4.68 Å². The second kappa shape index (κ2) is 5.99. The van der Waals surface area contributed by atoms with E-state index in [1.54, 1.807) is 0 Å². The van der Waals surface area contributed by atoms with Crippen LogP contribution in [0.1, 0.15) is 70.2 Å². The molecular formula is C15H24F3N3. The average Bonchev–Trinajstić information content (AvgIpc) is 2.80. The summed E-state index contributed by atoms with van der Waals surface area (Å²) in [5, 5.41) is 7.18. The Bertz CT molecular complexity index is 465. The van der Waals surface area contributed by atoms with E-state index in [0.29, 0.717) is 0 Å². The van der Waals surface area contributed by atoms with E-state index in [0.717, 1.165) is 32.1 Å². The summed E-state index contributed by atoms with van der Waals surface area (Å²) >= 11 is 0. The van der Waals surface area contributed by atoms with Crippen LogP contribution >= 0.6 is 0 Å². The van der Waals surface area contributed by atoms with Crippen LogP contribution in [0.5, 0.6) is 0 Å². The van der Waals surface area contributed by atoms with Crippen LogP contribution in [-0.2, 0) is 12.7 Å². The third-order valence-electron chi connectivity index (χ3n) is 3.87. The van der Waals surface area contributed by atoms with Crippen molar-refractivity contribution in [2.45, 2.75) is 77.2 Å². The monoisotopic (exact) mass is 303 g/mol. The summed E-state index contributed by atoms with van der Waals surface area (Å²) in [7, 11) is 0. The van der Waals surface area contributed by atoms with Gasteiger partial charge in [-0.1, -0.05) is 19.3 Å². The highest BCUT2D eigenvalue weighted by Crippen LogP contribution is 2.37. The lowest BCUT2D eigenvalue weighted by molar-refractivity contribution is -0.146. The first-order chi connectivity index (χ1) is 9.68. The fourth-order valence-electron chi connectivity index (χ4n) is 2.80. The summed E-state index contributed by atoms with van der Waals surface area (Å²) in [6.07, 6.45) is 1.67. The fraction of sp³-hybridized carbons (Fsp3) is 0.800. The minimum absolute atomic E-state index is 0.112. The zero-order valence-corrected chi connectivity index (χ0v) is 12.9. The van der Waals surface area contributed by atoms with Crippen molar-refractivity contribution in [2.75, 3.05) is 0 Å². The molecule has 1 saturated carbocycles. The number of halogens is 3. The topological polar surface area (TPSA) is 29.9 Å². The molecule has 1 aliphatic carbocycles. The Morgan fingerprint density at radius 2 is 1.81 bits per heavy atom. The maximum Gasteiger partial charge on any atom is 0.433 e. The lowest BCUT2D eigenvalue weighted by Gasteiger charge is -2.25. The van der Waals surface area contributed by atoms with Crippen molar-refractivity contribution in [3.63, 3.8) is 0 Å². The zero-order valence-electron chi connectivity index (χ0n) is 12.9. The number of alkyl halides is 3. The molecule has 1 aliphatic rings. The first kappa shape index (κ1) is 16.3. The van der Waals surface area contributed by atoms with Crippen LogP contribution in [0.15, 0.2) is 6.20 Å². The molecule has 1 N–H and O–H groups in total. The molecule has 120 valence electrons. The van der Waals surface area contributed by atoms with Crippen molar-refractivity contribution in [3.05, 3.63) is 17.5 Å². The van der Waals surface area contributed by atoms with E-state index in [1.807, 2.05) is 20.8 Å². The Balaban J connectivity index is 2.27. The van der Waals surface area contributed by atoms with E-state index >= 15 is 0 Å². The SMILES string of the molecule is CC(C)(C)NCc1cnn(C2CCCCC2)c1C(F)(F)F. The molecule has 6 heteroatoms. The van der Waals surface area contributed by atoms with Crippen LogP contribution in [-0.4, -0.2) is 15.3 Å². The molecule has 1 heterocycles. The molecule has 2 rings (SSSR count). The van der Waals surface area contributed by atoms with Crippen LogP contribution in [0.25, 0.3) is 0 Å². The van der Waals surface area contributed by atoms with E-state index in [4.69, 9.17) is 0 Å². The van der Waals surface area contributed by atoms with Crippen LogP contribution in [0.3, 0.4) is 0 Å². The maximum atomic E-state index is 13.4. The third kappa shape index (κ3) is 4.22. The summed E-state index contributed by atoms with van der Waals surface area (Å²) in [4.78, 5) is 0. The van der Waals surface area contributed by atoms with Gasteiger partial charge in [-0.2, -0.15) is 18.3 Å². The highest BCUT2D eigenvalue weighted by molar-refractivity contribution is 5.22. The molecule has 0 saturated heterocycles. The van der Waals surface area contributed by atoms with Gasteiger partial charge in [0.25, 0.3) is 0 Å². The van der Waals surface area contributed by atoms with Crippen molar-refractivity contribution in [1.29, 1.82) is 0 Å². The van der Waals surface area contributed by atoms with Crippen molar-refractivity contribution in [3.8, 4) is 0 Å². The van der Waals surface area contributed by atoms with Crippen molar-refractivity contribution in [2.24, 2.45) is 0 Å². The molecule has 1 fully saturated rings. The summed E-state index contributed by atoms with van der Waals surface area (Å²) in [6, 6.07) is -0.112. The first-order valence-corrected chi connectivity index (χ1v) is 7.57. The molecular weight excluding hydrogens is 279 g/mol. The summed E-state index contributed by atoms with van der Waals surface area (Å²) in [6.45, 7) is 5.99. The lowest BCUT2D eigenvalue weighted by Crippen LogP contribution is -2.35. The Kier molecular flexibility index (Phi) is 4.66. The summed E-state index contributed by atoms with van der Waals surface area (Å²) in [5.41, 5.74) is -0.565. The summed E-state index contributed by atoms with van der Waals surface area (Å²) in [5.74, 6) is 0. The first-order valence-electron chi connectivity index (χ1n) is 7.57. The van der Waals surface area contributed by atoms with Gasteiger partial charge in [0.2, 0.25) is 0 Å². The molecule has 3 nitrogen and oxygen atoms in total. The van der Waals surface area contributed by atoms with E-state index in [2.05, 4.69) is 10.4 Å². The average molecular weight is 303 g/mol. The molecule has 0 radical (unpaired) electrons. The Hall–Kier alpha value is -1.04. The molecule has 0 aromatic carbocycles.